The Morgan fingerprint density at radius 3 is 2.68 bits per heavy atom. The van der Waals surface area contributed by atoms with Crippen LogP contribution in [0.15, 0.2) is 22.6 Å². The van der Waals surface area contributed by atoms with Crippen molar-refractivity contribution in [1.82, 2.24) is 9.80 Å². The van der Waals surface area contributed by atoms with Crippen molar-refractivity contribution in [3.63, 3.8) is 0 Å². The van der Waals surface area contributed by atoms with Gasteiger partial charge in [-0.15, -0.1) is 0 Å². The molecule has 2 heterocycles. The van der Waals surface area contributed by atoms with Crippen LogP contribution in [0, 0.1) is 0 Å². The summed E-state index contributed by atoms with van der Waals surface area (Å²) in [6.07, 6.45) is 5.05. The first-order valence-electron chi connectivity index (χ1n) is 8.30. The van der Waals surface area contributed by atoms with Crippen molar-refractivity contribution in [2.45, 2.75) is 25.3 Å². The molecule has 0 bridgehead atoms. The Kier molecular flexibility index (Phi) is 5.63. The molecule has 2 aliphatic heterocycles. The average Bonchev–Trinajstić information content (AvgIpc) is 2.55. The van der Waals surface area contributed by atoms with E-state index in [9.17, 15) is 0 Å². The lowest BCUT2D eigenvalue weighted by Crippen LogP contribution is -2.52. The molecule has 3 rings (SSSR count). The fraction of sp³-hybridized carbons (Fsp3) is 0.750. The lowest BCUT2D eigenvalue weighted by molar-refractivity contribution is 0.0205. The van der Waals surface area contributed by atoms with Crippen LogP contribution in [0.4, 0.5) is 0 Å². The minimum Gasteiger partial charge on any atom is -0.489 e. The molecular formula is C16H26ClN3O2. The van der Waals surface area contributed by atoms with Gasteiger partial charge < -0.3 is 20.1 Å². The number of nitrogens with zero attached hydrogens (tertiary/aromatic N) is 2. The number of rotatable bonds is 5. The molecule has 22 heavy (non-hydrogen) atoms. The summed E-state index contributed by atoms with van der Waals surface area (Å²) in [6, 6.07) is 0.235. The molecule has 3 aliphatic rings. The number of unbranched alkanes of at least 4 members (excludes halogenated alkanes) is 1. The highest BCUT2D eigenvalue weighted by molar-refractivity contribution is 6.29. The maximum absolute atomic E-state index is 6.31. The molecular weight excluding hydrogens is 302 g/mol. The van der Waals surface area contributed by atoms with Gasteiger partial charge in [0.05, 0.1) is 6.04 Å². The van der Waals surface area contributed by atoms with Gasteiger partial charge in [0.2, 0.25) is 0 Å². The van der Waals surface area contributed by atoms with Crippen molar-refractivity contribution in [2.24, 2.45) is 5.73 Å². The van der Waals surface area contributed by atoms with Crippen LogP contribution in [0.25, 0.3) is 0 Å². The number of hydrogen-bond acceptors (Lipinski definition) is 5. The molecule has 6 heteroatoms. The van der Waals surface area contributed by atoms with E-state index in [0.29, 0.717) is 13.2 Å². The Hall–Kier alpha value is -0.750. The molecule has 0 radical (unpaired) electrons. The summed E-state index contributed by atoms with van der Waals surface area (Å²) in [4.78, 5) is 5.01. The Morgan fingerprint density at radius 1 is 1.14 bits per heavy atom. The Morgan fingerprint density at radius 2 is 1.91 bits per heavy atom. The number of allylic oxidation sites excluding steroid dienone is 1. The summed E-state index contributed by atoms with van der Waals surface area (Å²) in [5, 5.41) is 0.861. The van der Waals surface area contributed by atoms with Gasteiger partial charge >= 0.3 is 0 Å². The van der Waals surface area contributed by atoms with Crippen LogP contribution in [0.1, 0.15) is 19.3 Å². The zero-order valence-electron chi connectivity index (χ0n) is 13.1. The van der Waals surface area contributed by atoms with Crippen molar-refractivity contribution < 1.29 is 9.47 Å². The van der Waals surface area contributed by atoms with Gasteiger partial charge in [-0.25, -0.2) is 0 Å². The lowest BCUT2D eigenvalue weighted by atomic mass is 10.0. The van der Waals surface area contributed by atoms with Gasteiger partial charge in [0, 0.05) is 37.6 Å². The number of halogens is 1. The average molecular weight is 328 g/mol. The highest BCUT2D eigenvalue weighted by Gasteiger charge is 2.34. The third-order valence-corrected chi connectivity index (χ3v) is 4.86. The highest BCUT2D eigenvalue weighted by atomic mass is 35.5. The monoisotopic (exact) mass is 327 g/mol. The van der Waals surface area contributed by atoms with E-state index in [2.05, 4.69) is 9.80 Å². The fourth-order valence-electron chi connectivity index (χ4n) is 3.37. The molecule has 0 aromatic carbocycles. The summed E-state index contributed by atoms with van der Waals surface area (Å²) < 4.78 is 11.6. The summed E-state index contributed by atoms with van der Waals surface area (Å²) in [5.74, 6) is 1.81. The summed E-state index contributed by atoms with van der Waals surface area (Å²) >= 11 is 6.31. The van der Waals surface area contributed by atoms with Gasteiger partial charge in [-0.3, -0.25) is 4.90 Å². The number of nitrogens with two attached hydrogens (primary N) is 1. The van der Waals surface area contributed by atoms with Crippen LogP contribution in [-0.2, 0) is 9.47 Å². The summed E-state index contributed by atoms with van der Waals surface area (Å²) in [6.45, 7) is 7.51. The first-order valence-corrected chi connectivity index (χ1v) is 8.68. The predicted octanol–water partition coefficient (Wildman–Crippen LogP) is 1.50. The third kappa shape index (κ3) is 3.77. The fourth-order valence-corrected chi connectivity index (χ4v) is 3.62. The predicted molar refractivity (Wildman–Crippen MR) is 87.6 cm³/mol. The van der Waals surface area contributed by atoms with E-state index in [4.69, 9.17) is 26.8 Å². The van der Waals surface area contributed by atoms with Gasteiger partial charge in [-0.2, -0.15) is 0 Å². The van der Waals surface area contributed by atoms with E-state index in [1.54, 1.807) is 0 Å². The zero-order chi connectivity index (χ0) is 15.4. The number of ether oxygens (including phenoxy) is 2. The van der Waals surface area contributed by atoms with E-state index in [1.165, 1.54) is 6.42 Å². The van der Waals surface area contributed by atoms with E-state index < -0.39 is 0 Å². The standard InChI is InChI=1S/C16H26ClN3O2/c17-13-11-14(16-15(12-13)21-9-10-22-16)20-7-5-19(6-8-20)4-2-1-3-18/h12,14H,1-11,18H2. The quantitative estimate of drug-likeness (QED) is 0.775. The largest absolute Gasteiger partial charge is 0.489 e. The minimum atomic E-state index is 0.235. The Labute approximate surface area is 137 Å². The van der Waals surface area contributed by atoms with E-state index in [-0.39, 0.29) is 6.04 Å². The molecule has 5 nitrogen and oxygen atoms in total. The zero-order valence-corrected chi connectivity index (χ0v) is 13.9. The summed E-state index contributed by atoms with van der Waals surface area (Å²) in [7, 11) is 0. The topological polar surface area (TPSA) is 51.0 Å². The maximum atomic E-state index is 6.31. The van der Waals surface area contributed by atoms with Crippen molar-refractivity contribution in [2.75, 3.05) is 52.5 Å². The smallest absolute Gasteiger partial charge is 0.159 e. The van der Waals surface area contributed by atoms with Crippen molar-refractivity contribution in [1.29, 1.82) is 0 Å². The molecule has 0 aromatic heterocycles. The molecule has 1 saturated heterocycles. The first kappa shape index (κ1) is 16.1. The van der Waals surface area contributed by atoms with E-state index >= 15 is 0 Å². The Bertz CT molecular complexity index is 445. The molecule has 1 unspecified atom stereocenters. The van der Waals surface area contributed by atoms with Crippen molar-refractivity contribution >= 4 is 11.6 Å². The molecule has 1 fully saturated rings. The SMILES string of the molecule is NCCCCN1CCN(C2CC(Cl)=CC3=C2OCCO3)CC1. The van der Waals surface area contributed by atoms with E-state index in [1.807, 2.05) is 6.08 Å². The maximum Gasteiger partial charge on any atom is 0.159 e. The van der Waals surface area contributed by atoms with Crippen molar-refractivity contribution in [3.05, 3.63) is 22.6 Å². The van der Waals surface area contributed by atoms with E-state index in [0.717, 1.165) is 68.7 Å². The normalized spacial score (nSPS) is 27.0. The van der Waals surface area contributed by atoms with Crippen molar-refractivity contribution in [3.8, 4) is 0 Å². The first-order chi connectivity index (χ1) is 10.8. The minimum absolute atomic E-state index is 0.235. The van der Waals surface area contributed by atoms with Crippen LogP contribution < -0.4 is 5.73 Å². The molecule has 0 amide bonds. The molecule has 0 saturated carbocycles. The van der Waals surface area contributed by atoms with Gasteiger partial charge in [0.15, 0.2) is 11.5 Å². The van der Waals surface area contributed by atoms with Gasteiger partial charge in [-0.1, -0.05) is 11.6 Å². The highest BCUT2D eigenvalue weighted by Crippen LogP contribution is 2.33. The lowest BCUT2D eigenvalue weighted by Gasteiger charge is -2.41. The van der Waals surface area contributed by atoms with Crippen LogP contribution in [-0.4, -0.2) is 68.3 Å². The second kappa shape index (κ2) is 7.68. The number of piperazine rings is 1. The molecule has 0 spiro atoms. The second-order valence-corrected chi connectivity index (χ2v) is 6.60. The van der Waals surface area contributed by atoms with Gasteiger partial charge in [-0.05, 0) is 32.0 Å². The second-order valence-electron chi connectivity index (χ2n) is 6.11. The van der Waals surface area contributed by atoms with Gasteiger partial charge in [0.1, 0.15) is 13.2 Å². The van der Waals surface area contributed by atoms with Gasteiger partial charge in [0.25, 0.3) is 0 Å². The summed E-state index contributed by atoms with van der Waals surface area (Å²) in [5.41, 5.74) is 5.56. The van der Waals surface area contributed by atoms with Crippen LogP contribution in [0.3, 0.4) is 0 Å². The van der Waals surface area contributed by atoms with Crippen LogP contribution in [0.5, 0.6) is 0 Å². The van der Waals surface area contributed by atoms with Crippen LogP contribution >= 0.6 is 11.6 Å². The molecule has 1 atom stereocenters. The Balaban J connectivity index is 1.57. The molecule has 1 aliphatic carbocycles. The van der Waals surface area contributed by atoms with Crippen LogP contribution in [0.2, 0.25) is 0 Å². The molecule has 2 N–H and O–H groups in total. The molecule has 0 aromatic rings. The third-order valence-electron chi connectivity index (χ3n) is 4.60. The number of hydrogen-bond donors (Lipinski definition) is 1. The molecule has 124 valence electrons.